The van der Waals surface area contributed by atoms with Crippen LogP contribution in [0.3, 0.4) is 0 Å². The molecule has 7 nitrogen and oxygen atoms in total. The van der Waals surface area contributed by atoms with Crippen molar-refractivity contribution in [2.75, 3.05) is 26.1 Å². The number of fused-ring (bicyclic) bond motifs is 1. The van der Waals surface area contributed by atoms with E-state index in [9.17, 15) is 9.18 Å². The van der Waals surface area contributed by atoms with Crippen molar-refractivity contribution in [1.82, 2.24) is 10.3 Å². The quantitative estimate of drug-likeness (QED) is 0.293. The first kappa shape index (κ1) is 23.8. The molecular weight excluding hydrogens is 449 g/mol. The predicted molar refractivity (Wildman–Crippen MR) is 133 cm³/mol. The molecule has 0 atom stereocenters. The first-order valence-electron chi connectivity index (χ1n) is 11.1. The summed E-state index contributed by atoms with van der Waals surface area (Å²) in [5.74, 6) is 2.15. The van der Waals surface area contributed by atoms with E-state index in [1.54, 1.807) is 68.9 Å². The van der Waals surface area contributed by atoms with Gasteiger partial charge in [0.05, 0.1) is 19.7 Å². The highest BCUT2D eigenvalue weighted by Crippen LogP contribution is 2.36. The van der Waals surface area contributed by atoms with Gasteiger partial charge in [-0.2, -0.15) is 0 Å². The zero-order valence-corrected chi connectivity index (χ0v) is 19.5. The van der Waals surface area contributed by atoms with Crippen LogP contribution < -0.4 is 24.8 Å². The summed E-state index contributed by atoms with van der Waals surface area (Å²) in [6.45, 7) is 0.508. The number of pyridine rings is 1. The molecule has 0 saturated carbocycles. The van der Waals surface area contributed by atoms with Crippen LogP contribution >= 0.6 is 0 Å². The number of methoxy groups -OCH3 is 2. The summed E-state index contributed by atoms with van der Waals surface area (Å²) in [5.41, 5.74) is 2.39. The molecule has 0 aliphatic heterocycles. The van der Waals surface area contributed by atoms with Crippen molar-refractivity contribution < 1.29 is 23.4 Å². The van der Waals surface area contributed by atoms with E-state index in [4.69, 9.17) is 14.2 Å². The Balaban J connectivity index is 1.32. The van der Waals surface area contributed by atoms with Gasteiger partial charge in [-0.05, 0) is 66.9 Å². The molecule has 4 aromatic rings. The number of carbonyl (C=O) groups excluding carboxylic acids is 1. The van der Waals surface area contributed by atoms with Crippen LogP contribution in [0.2, 0.25) is 0 Å². The van der Waals surface area contributed by atoms with E-state index in [2.05, 4.69) is 15.6 Å². The SMILES string of the molecule is COc1cc2nccc(Oc3ccc(NC(=O)NCCCc4ccc(F)cc4)cc3)c2cc1OC. The topological polar surface area (TPSA) is 81.7 Å². The Morgan fingerprint density at radius 1 is 0.914 bits per heavy atom. The highest BCUT2D eigenvalue weighted by atomic mass is 19.1. The van der Waals surface area contributed by atoms with E-state index in [0.717, 1.165) is 29.3 Å². The van der Waals surface area contributed by atoms with Crippen LogP contribution in [0.4, 0.5) is 14.9 Å². The molecule has 0 unspecified atom stereocenters. The lowest BCUT2D eigenvalue weighted by Crippen LogP contribution is -2.29. The molecule has 0 radical (unpaired) electrons. The number of rotatable bonds is 9. The van der Waals surface area contributed by atoms with E-state index in [1.165, 1.54) is 12.1 Å². The lowest BCUT2D eigenvalue weighted by Gasteiger charge is -2.13. The molecule has 0 bridgehead atoms. The summed E-state index contributed by atoms with van der Waals surface area (Å²) in [5, 5.41) is 6.41. The van der Waals surface area contributed by atoms with Gasteiger partial charge in [0, 0.05) is 29.9 Å². The monoisotopic (exact) mass is 475 g/mol. The summed E-state index contributed by atoms with van der Waals surface area (Å²) in [6, 6.07) is 18.6. The van der Waals surface area contributed by atoms with E-state index in [-0.39, 0.29) is 11.8 Å². The second-order valence-corrected chi connectivity index (χ2v) is 7.77. The average molecular weight is 476 g/mol. The summed E-state index contributed by atoms with van der Waals surface area (Å²) in [4.78, 5) is 16.6. The van der Waals surface area contributed by atoms with E-state index < -0.39 is 0 Å². The van der Waals surface area contributed by atoms with Crippen molar-refractivity contribution >= 4 is 22.6 Å². The third-order valence-corrected chi connectivity index (χ3v) is 5.39. The first-order chi connectivity index (χ1) is 17.1. The van der Waals surface area contributed by atoms with Crippen LogP contribution in [-0.4, -0.2) is 31.8 Å². The van der Waals surface area contributed by atoms with Gasteiger partial charge in [0.2, 0.25) is 0 Å². The Labute approximate surface area is 202 Å². The maximum Gasteiger partial charge on any atom is 0.319 e. The molecule has 2 N–H and O–H groups in total. The zero-order valence-electron chi connectivity index (χ0n) is 19.5. The molecule has 0 fully saturated rings. The fourth-order valence-corrected chi connectivity index (χ4v) is 3.59. The Hall–Kier alpha value is -4.33. The van der Waals surface area contributed by atoms with Gasteiger partial charge in [0.1, 0.15) is 17.3 Å². The number of nitrogens with one attached hydrogen (secondary N) is 2. The van der Waals surface area contributed by atoms with Gasteiger partial charge in [0.15, 0.2) is 11.5 Å². The number of aryl methyl sites for hydroxylation is 1. The normalized spacial score (nSPS) is 10.6. The Kier molecular flexibility index (Phi) is 7.62. The molecule has 0 aliphatic rings. The number of ether oxygens (including phenoxy) is 3. The fourth-order valence-electron chi connectivity index (χ4n) is 3.59. The molecule has 0 aliphatic carbocycles. The number of hydrogen-bond donors (Lipinski definition) is 2. The number of aromatic nitrogens is 1. The first-order valence-corrected chi connectivity index (χ1v) is 11.1. The predicted octanol–water partition coefficient (Wildman–Crippen LogP) is 5.94. The highest BCUT2D eigenvalue weighted by Gasteiger charge is 2.11. The van der Waals surface area contributed by atoms with Crippen LogP contribution in [-0.2, 0) is 6.42 Å². The summed E-state index contributed by atoms with van der Waals surface area (Å²) >= 11 is 0. The van der Waals surface area contributed by atoms with Crippen molar-refractivity contribution in [1.29, 1.82) is 0 Å². The summed E-state index contributed by atoms with van der Waals surface area (Å²) < 4.78 is 29.8. The number of benzene rings is 3. The third-order valence-electron chi connectivity index (χ3n) is 5.39. The smallest absolute Gasteiger partial charge is 0.319 e. The fraction of sp³-hybridized carbons (Fsp3) is 0.185. The van der Waals surface area contributed by atoms with Gasteiger partial charge in [-0.3, -0.25) is 4.98 Å². The lowest BCUT2D eigenvalue weighted by atomic mass is 10.1. The minimum absolute atomic E-state index is 0.252. The Morgan fingerprint density at radius 3 is 2.34 bits per heavy atom. The molecule has 0 spiro atoms. The molecule has 1 aromatic heterocycles. The molecular formula is C27H26FN3O4. The molecule has 35 heavy (non-hydrogen) atoms. The number of halogens is 1. The second-order valence-electron chi connectivity index (χ2n) is 7.77. The number of amides is 2. The minimum Gasteiger partial charge on any atom is -0.493 e. The molecule has 0 saturated heterocycles. The second kappa shape index (κ2) is 11.2. The van der Waals surface area contributed by atoms with Gasteiger partial charge in [-0.1, -0.05) is 12.1 Å². The number of urea groups is 1. The number of carbonyl (C=O) groups is 1. The van der Waals surface area contributed by atoms with Crippen molar-refractivity contribution in [3.05, 3.63) is 84.3 Å². The molecule has 3 aromatic carbocycles. The molecule has 2 amide bonds. The zero-order chi connectivity index (χ0) is 24.6. The third kappa shape index (κ3) is 6.17. The number of hydrogen-bond acceptors (Lipinski definition) is 5. The van der Waals surface area contributed by atoms with Gasteiger partial charge in [0.25, 0.3) is 0 Å². The van der Waals surface area contributed by atoms with Crippen LogP contribution in [0.15, 0.2) is 72.9 Å². The minimum atomic E-state index is -0.293. The van der Waals surface area contributed by atoms with Crippen molar-refractivity contribution in [3.63, 3.8) is 0 Å². The van der Waals surface area contributed by atoms with Gasteiger partial charge >= 0.3 is 6.03 Å². The van der Waals surface area contributed by atoms with Gasteiger partial charge < -0.3 is 24.8 Å². The van der Waals surface area contributed by atoms with Gasteiger partial charge in [-0.15, -0.1) is 0 Å². The van der Waals surface area contributed by atoms with Crippen molar-refractivity contribution in [3.8, 4) is 23.0 Å². The molecule has 8 heteroatoms. The van der Waals surface area contributed by atoms with Crippen LogP contribution in [0.25, 0.3) is 10.9 Å². The van der Waals surface area contributed by atoms with Crippen molar-refractivity contribution in [2.24, 2.45) is 0 Å². The average Bonchev–Trinajstić information content (AvgIpc) is 2.88. The largest absolute Gasteiger partial charge is 0.493 e. The Morgan fingerprint density at radius 2 is 1.63 bits per heavy atom. The van der Waals surface area contributed by atoms with E-state index in [0.29, 0.717) is 35.2 Å². The maximum atomic E-state index is 13.0. The molecule has 4 rings (SSSR count). The molecule has 1 heterocycles. The van der Waals surface area contributed by atoms with E-state index in [1.807, 2.05) is 6.07 Å². The van der Waals surface area contributed by atoms with E-state index >= 15 is 0 Å². The number of anilines is 1. The number of nitrogens with zero attached hydrogens (tertiary/aromatic N) is 1. The van der Waals surface area contributed by atoms with Crippen LogP contribution in [0.1, 0.15) is 12.0 Å². The van der Waals surface area contributed by atoms with Crippen LogP contribution in [0, 0.1) is 5.82 Å². The van der Waals surface area contributed by atoms with Crippen LogP contribution in [0.5, 0.6) is 23.0 Å². The Bertz CT molecular complexity index is 1290. The van der Waals surface area contributed by atoms with Gasteiger partial charge in [-0.25, -0.2) is 9.18 Å². The summed E-state index contributed by atoms with van der Waals surface area (Å²) in [7, 11) is 3.15. The maximum absolute atomic E-state index is 13.0. The van der Waals surface area contributed by atoms with Crippen molar-refractivity contribution in [2.45, 2.75) is 12.8 Å². The molecule has 180 valence electrons. The standard InChI is InChI=1S/C27H26FN3O4/c1-33-25-16-22-23(17-26(25)34-2)29-15-13-24(22)35-21-11-9-20(10-12-21)31-27(32)30-14-3-4-18-5-7-19(28)8-6-18/h5-13,15-17H,3-4,14H2,1-2H3,(H2,30,31,32). The lowest BCUT2D eigenvalue weighted by molar-refractivity contribution is 0.252. The highest BCUT2D eigenvalue weighted by molar-refractivity contribution is 5.89. The summed E-state index contributed by atoms with van der Waals surface area (Å²) in [6.07, 6.45) is 3.18.